The fraction of sp³-hybridized carbons (Fsp3) is 0.533. The van der Waals surface area contributed by atoms with Crippen LogP contribution < -0.4 is 0 Å². The van der Waals surface area contributed by atoms with Gasteiger partial charge in [-0.1, -0.05) is 18.9 Å². The van der Waals surface area contributed by atoms with Gasteiger partial charge in [-0.05, 0) is 37.5 Å². The molecule has 21 heavy (non-hydrogen) atoms. The van der Waals surface area contributed by atoms with Gasteiger partial charge in [0.05, 0.1) is 28.7 Å². The fourth-order valence-electron chi connectivity index (χ4n) is 2.80. The zero-order valence-corrected chi connectivity index (χ0v) is 13.1. The summed E-state index contributed by atoms with van der Waals surface area (Å²) in [6.45, 7) is 1.71. The molecular weight excluding hydrogens is 288 g/mol. The normalized spacial score (nSPS) is 23.0. The first-order chi connectivity index (χ1) is 9.87. The molecule has 0 bridgehead atoms. The number of nitrogens with zero attached hydrogens (tertiary/aromatic N) is 2. The van der Waals surface area contributed by atoms with E-state index in [1.54, 1.807) is 19.1 Å². The van der Waals surface area contributed by atoms with Gasteiger partial charge in [0.1, 0.15) is 0 Å². The van der Waals surface area contributed by atoms with Crippen LogP contribution in [0.1, 0.15) is 36.8 Å². The van der Waals surface area contributed by atoms with E-state index in [0.29, 0.717) is 24.0 Å². The standard InChI is InChI=1S/C15H20N2O3S/c1-11-7-8-12(10-16)9-15(11)21(19,20)17(2)13-5-3-4-6-14(13)18/h7-9,13-14,18H,3-6H2,1-2H3. The third kappa shape index (κ3) is 3.10. The minimum absolute atomic E-state index is 0.141. The predicted octanol–water partition coefficient (Wildman–Crippen LogP) is 1.79. The van der Waals surface area contributed by atoms with E-state index in [9.17, 15) is 13.5 Å². The maximum Gasteiger partial charge on any atom is 0.243 e. The maximum atomic E-state index is 12.8. The lowest BCUT2D eigenvalue weighted by atomic mass is 9.93. The van der Waals surface area contributed by atoms with E-state index >= 15 is 0 Å². The molecule has 1 aliphatic carbocycles. The molecule has 0 aliphatic heterocycles. The Morgan fingerprint density at radius 1 is 1.33 bits per heavy atom. The first-order valence-electron chi connectivity index (χ1n) is 7.05. The summed E-state index contributed by atoms with van der Waals surface area (Å²) >= 11 is 0. The average molecular weight is 308 g/mol. The SMILES string of the molecule is Cc1ccc(C#N)cc1S(=O)(=O)N(C)C1CCCCC1O. The van der Waals surface area contributed by atoms with Gasteiger partial charge >= 0.3 is 0 Å². The van der Waals surface area contributed by atoms with Crippen LogP contribution in [0.25, 0.3) is 0 Å². The molecule has 1 aliphatic rings. The molecule has 2 atom stereocenters. The van der Waals surface area contributed by atoms with Gasteiger partial charge in [-0.2, -0.15) is 9.57 Å². The van der Waals surface area contributed by atoms with E-state index in [-0.39, 0.29) is 4.90 Å². The van der Waals surface area contributed by atoms with Crippen LogP contribution in [0.15, 0.2) is 23.1 Å². The lowest BCUT2D eigenvalue weighted by Crippen LogP contribution is -2.46. The molecule has 5 nitrogen and oxygen atoms in total. The highest BCUT2D eigenvalue weighted by atomic mass is 32.2. The Labute approximate surface area is 125 Å². The summed E-state index contributed by atoms with van der Waals surface area (Å²) in [6.07, 6.45) is 2.50. The third-order valence-corrected chi connectivity index (χ3v) is 6.16. The zero-order valence-electron chi connectivity index (χ0n) is 12.3. The number of sulfonamides is 1. The molecule has 1 saturated carbocycles. The molecule has 0 saturated heterocycles. The van der Waals surface area contributed by atoms with Crippen molar-refractivity contribution in [3.8, 4) is 6.07 Å². The first kappa shape index (κ1) is 16.0. The van der Waals surface area contributed by atoms with Crippen LogP contribution in [0, 0.1) is 18.3 Å². The minimum Gasteiger partial charge on any atom is -0.391 e. The summed E-state index contributed by atoms with van der Waals surface area (Å²) in [5.74, 6) is 0. The Bertz CT molecular complexity index is 664. The topological polar surface area (TPSA) is 81.4 Å². The third-order valence-electron chi connectivity index (χ3n) is 4.14. The second kappa shape index (κ2) is 6.14. The van der Waals surface area contributed by atoms with E-state index in [1.165, 1.54) is 17.4 Å². The van der Waals surface area contributed by atoms with Crippen molar-refractivity contribution in [2.75, 3.05) is 7.05 Å². The second-order valence-electron chi connectivity index (χ2n) is 5.53. The maximum absolute atomic E-state index is 12.8. The van der Waals surface area contributed by atoms with Crippen molar-refractivity contribution < 1.29 is 13.5 Å². The monoisotopic (exact) mass is 308 g/mol. The highest BCUT2D eigenvalue weighted by Crippen LogP contribution is 2.28. The second-order valence-corrected chi connectivity index (χ2v) is 7.50. The van der Waals surface area contributed by atoms with Crippen LogP contribution in [0.4, 0.5) is 0 Å². The predicted molar refractivity (Wildman–Crippen MR) is 79.1 cm³/mol. The molecule has 1 N–H and O–H groups in total. The van der Waals surface area contributed by atoms with Crippen LogP contribution in [0.5, 0.6) is 0 Å². The summed E-state index contributed by atoms with van der Waals surface area (Å²) < 4.78 is 26.8. The number of aliphatic hydroxyl groups is 1. The molecule has 1 aromatic carbocycles. The first-order valence-corrected chi connectivity index (χ1v) is 8.49. The zero-order chi connectivity index (χ0) is 15.6. The molecule has 0 radical (unpaired) electrons. The number of likely N-dealkylation sites (N-methyl/N-ethyl adjacent to an activating group) is 1. The van der Waals surface area contributed by atoms with Gasteiger partial charge in [-0.15, -0.1) is 0 Å². The van der Waals surface area contributed by atoms with Crippen LogP contribution in [0.3, 0.4) is 0 Å². The molecule has 2 unspecified atom stereocenters. The van der Waals surface area contributed by atoms with E-state index in [4.69, 9.17) is 5.26 Å². The molecular formula is C15H20N2O3S. The van der Waals surface area contributed by atoms with E-state index < -0.39 is 22.2 Å². The Morgan fingerprint density at radius 2 is 2.00 bits per heavy atom. The van der Waals surface area contributed by atoms with Crippen molar-refractivity contribution in [2.24, 2.45) is 0 Å². The molecule has 0 heterocycles. The van der Waals surface area contributed by atoms with Crippen LogP contribution in [-0.4, -0.2) is 37.0 Å². The Balaban J connectivity index is 2.39. The lowest BCUT2D eigenvalue weighted by molar-refractivity contribution is 0.0638. The number of hydrogen-bond acceptors (Lipinski definition) is 4. The molecule has 0 aromatic heterocycles. The highest BCUT2D eigenvalue weighted by molar-refractivity contribution is 7.89. The Morgan fingerprint density at radius 3 is 2.62 bits per heavy atom. The highest BCUT2D eigenvalue weighted by Gasteiger charge is 2.34. The number of aliphatic hydroxyl groups excluding tert-OH is 1. The summed E-state index contributed by atoms with van der Waals surface area (Å²) in [5, 5.41) is 19.0. The van der Waals surface area contributed by atoms with Crippen LogP contribution >= 0.6 is 0 Å². The Kier molecular flexibility index (Phi) is 4.67. The quantitative estimate of drug-likeness (QED) is 0.923. The number of rotatable bonds is 3. The van der Waals surface area contributed by atoms with Crippen molar-refractivity contribution in [1.29, 1.82) is 5.26 Å². The van der Waals surface area contributed by atoms with Crippen LogP contribution in [0.2, 0.25) is 0 Å². The van der Waals surface area contributed by atoms with Gasteiger partial charge in [0.25, 0.3) is 0 Å². The summed E-state index contributed by atoms with van der Waals surface area (Å²) in [4.78, 5) is 0.141. The van der Waals surface area contributed by atoms with Crippen molar-refractivity contribution in [3.63, 3.8) is 0 Å². The molecule has 2 rings (SSSR count). The molecule has 114 valence electrons. The lowest BCUT2D eigenvalue weighted by Gasteiger charge is -2.34. The van der Waals surface area contributed by atoms with Gasteiger partial charge in [0, 0.05) is 7.05 Å². The van der Waals surface area contributed by atoms with Crippen molar-refractivity contribution >= 4 is 10.0 Å². The Hall–Kier alpha value is -1.42. The fourth-order valence-corrected chi connectivity index (χ4v) is 4.46. The van der Waals surface area contributed by atoms with E-state index in [2.05, 4.69) is 0 Å². The van der Waals surface area contributed by atoms with E-state index in [1.807, 2.05) is 6.07 Å². The number of hydrogen-bond donors (Lipinski definition) is 1. The summed E-state index contributed by atoms with van der Waals surface area (Å²) in [7, 11) is -2.21. The summed E-state index contributed by atoms with van der Waals surface area (Å²) in [6, 6.07) is 6.20. The molecule has 1 aromatic rings. The van der Waals surface area contributed by atoms with Gasteiger partial charge in [0.15, 0.2) is 0 Å². The van der Waals surface area contributed by atoms with Crippen molar-refractivity contribution in [3.05, 3.63) is 29.3 Å². The van der Waals surface area contributed by atoms with Gasteiger partial charge in [-0.3, -0.25) is 0 Å². The van der Waals surface area contributed by atoms with Gasteiger partial charge < -0.3 is 5.11 Å². The molecule has 6 heteroatoms. The van der Waals surface area contributed by atoms with Gasteiger partial charge in [-0.25, -0.2) is 8.42 Å². The molecule has 0 amide bonds. The molecule has 1 fully saturated rings. The smallest absolute Gasteiger partial charge is 0.243 e. The number of aryl methyl sites for hydroxylation is 1. The summed E-state index contributed by atoms with van der Waals surface area (Å²) in [5.41, 5.74) is 0.919. The average Bonchev–Trinajstić information content (AvgIpc) is 2.47. The number of benzene rings is 1. The van der Waals surface area contributed by atoms with Crippen molar-refractivity contribution in [1.82, 2.24) is 4.31 Å². The van der Waals surface area contributed by atoms with Gasteiger partial charge in [0.2, 0.25) is 10.0 Å². The van der Waals surface area contributed by atoms with E-state index in [0.717, 1.165) is 12.8 Å². The minimum atomic E-state index is -3.71. The van der Waals surface area contributed by atoms with Crippen LogP contribution in [-0.2, 0) is 10.0 Å². The largest absolute Gasteiger partial charge is 0.391 e. The van der Waals surface area contributed by atoms with Crippen molar-refractivity contribution in [2.45, 2.75) is 49.6 Å². The number of nitriles is 1. The molecule has 0 spiro atoms.